The molecule has 0 heterocycles. The summed E-state index contributed by atoms with van der Waals surface area (Å²) in [6, 6.07) is 12.1. The van der Waals surface area contributed by atoms with E-state index in [9.17, 15) is 9.59 Å². The van der Waals surface area contributed by atoms with E-state index in [1.54, 1.807) is 30.3 Å². The second-order valence-corrected chi connectivity index (χ2v) is 5.91. The number of carbonyl (C=O) groups excluding carboxylic acids is 2. The third kappa shape index (κ3) is 4.08. The standard InChI is InChI=1S/C16H14BrClN2O2/c1-2-10-3-5-11(6-4-10)15(21)19-20-16(22)13-9-12(17)7-8-14(13)18/h3-9H,2H2,1H3,(H,19,21)(H,20,22). The maximum absolute atomic E-state index is 12.0. The van der Waals surface area contributed by atoms with Crippen LogP contribution in [0.15, 0.2) is 46.9 Å². The maximum Gasteiger partial charge on any atom is 0.271 e. The SMILES string of the molecule is CCc1ccc(C(=O)NNC(=O)c2cc(Br)ccc2Cl)cc1. The first kappa shape index (κ1) is 16.5. The molecule has 2 aromatic rings. The molecule has 0 saturated carbocycles. The number of aryl methyl sites for hydroxylation is 1. The second-order valence-electron chi connectivity index (χ2n) is 4.58. The average Bonchev–Trinajstić information content (AvgIpc) is 2.54. The van der Waals surface area contributed by atoms with Crippen LogP contribution < -0.4 is 10.9 Å². The van der Waals surface area contributed by atoms with Crippen LogP contribution >= 0.6 is 27.5 Å². The van der Waals surface area contributed by atoms with Crippen LogP contribution in [0, 0.1) is 0 Å². The molecule has 2 N–H and O–H groups in total. The van der Waals surface area contributed by atoms with E-state index in [2.05, 4.69) is 26.8 Å². The first-order valence-corrected chi connectivity index (χ1v) is 7.83. The Labute approximate surface area is 142 Å². The van der Waals surface area contributed by atoms with Crippen molar-refractivity contribution >= 4 is 39.3 Å². The Balaban J connectivity index is 2.00. The van der Waals surface area contributed by atoms with Gasteiger partial charge >= 0.3 is 0 Å². The highest BCUT2D eigenvalue weighted by molar-refractivity contribution is 9.10. The number of hydrogen-bond acceptors (Lipinski definition) is 2. The third-order valence-electron chi connectivity index (χ3n) is 3.09. The van der Waals surface area contributed by atoms with Gasteiger partial charge < -0.3 is 0 Å². The van der Waals surface area contributed by atoms with Crippen LogP contribution in [0.5, 0.6) is 0 Å². The quantitative estimate of drug-likeness (QED) is 0.796. The van der Waals surface area contributed by atoms with Gasteiger partial charge in [0.1, 0.15) is 0 Å². The van der Waals surface area contributed by atoms with E-state index in [1.165, 1.54) is 0 Å². The van der Waals surface area contributed by atoms with Gasteiger partial charge in [-0.15, -0.1) is 0 Å². The van der Waals surface area contributed by atoms with Gasteiger partial charge in [-0.3, -0.25) is 20.4 Å². The third-order valence-corrected chi connectivity index (χ3v) is 3.91. The Kier molecular flexibility index (Phi) is 5.57. The molecule has 0 radical (unpaired) electrons. The molecular formula is C16H14BrClN2O2. The van der Waals surface area contributed by atoms with Gasteiger partial charge in [-0.2, -0.15) is 0 Å². The number of halogens is 2. The van der Waals surface area contributed by atoms with Gasteiger partial charge in [0, 0.05) is 10.0 Å². The van der Waals surface area contributed by atoms with Gasteiger partial charge in [-0.25, -0.2) is 0 Å². The first-order valence-electron chi connectivity index (χ1n) is 6.66. The molecule has 114 valence electrons. The van der Waals surface area contributed by atoms with E-state index in [1.807, 2.05) is 19.1 Å². The van der Waals surface area contributed by atoms with Crippen molar-refractivity contribution in [3.05, 3.63) is 68.7 Å². The van der Waals surface area contributed by atoms with E-state index in [4.69, 9.17) is 11.6 Å². The van der Waals surface area contributed by atoms with Crippen molar-refractivity contribution in [2.24, 2.45) is 0 Å². The molecule has 0 aliphatic rings. The van der Waals surface area contributed by atoms with Crippen LogP contribution in [0.2, 0.25) is 5.02 Å². The summed E-state index contributed by atoms with van der Waals surface area (Å²) in [7, 11) is 0. The Bertz CT molecular complexity index is 702. The summed E-state index contributed by atoms with van der Waals surface area (Å²) in [6.07, 6.45) is 0.903. The molecule has 0 aliphatic heterocycles. The summed E-state index contributed by atoms with van der Waals surface area (Å²) < 4.78 is 0.725. The summed E-state index contributed by atoms with van der Waals surface area (Å²) in [5, 5.41) is 0.308. The van der Waals surface area contributed by atoms with Gasteiger partial charge in [0.25, 0.3) is 11.8 Å². The van der Waals surface area contributed by atoms with Crippen LogP contribution in [0.4, 0.5) is 0 Å². The topological polar surface area (TPSA) is 58.2 Å². The molecule has 6 heteroatoms. The minimum absolute atomic E-state index is 0.276. The zero-order chi connectivity index (χ0) is 16.1. The van der Waals surface area contributed by atoms with Gasteiger partial charge in [0.05, 0.1) is 10.6 Å². The van der Waals surface area contributed by atoms with Crippen LogP contribution in [0.25, 0.3) is 0 Å². The van der Waals surface area contributed by atoms with Gasteiger partial charge in [0.2, 0.25) is 0 Å². The monoisotopic (exact) mass is 380 g/mol. The minimum Gasteiger partial charge on any atom is -0.267 e. The number of benzene rings is 2. The summed E-state index contributed by atoms with van der Waals surface area (Å²) in [5.74, 6) is -0.869. The van der Waals surface area contributed by atoms with Crippen molar-refractivity contribution in [2.45, 2.75) is 13.3 Å². The summed E-state index contributed by atoms with van der Waals surface area (Å²) >= 11 is 9.23. The second kappa shape index (κ2) is 7.42. The Hall–Kier alpha value is -1.85. The highest BCUT2D eigenvalue weighted by Crippen LogP contribution is 2.20. The number of nitrogens with one attached hydrogen (secondary N) is 2. The molecule has 0 fully saturated rings. The van der Waals surface area contributed by atoms with E-state index < -0.39 is 5.91 Å². The molecule has 22 heavy (non-hydrogen) atoms. The summed E-state index contributed by atoms with van der Waals surface area (Å²) in [5.41, 5.74) is 6.61. The van der Waals surface area contributed by atoms with Crippen LogP contribution in [-0.2, 0) is 6.42 Å². The lowest BCUT2D eigenvalue weighted by atomic mass is 10.1. The Morgan fingerprint density at radius 1 is 1.05 bits per heavy atom. The van der Waals surface area contributed by atoms with Crippen molar-refractivity contribution < 1.29 is 9.59 Å². The molecule has 4 nitrogen and oxygen atoms in total. The van der Waals surface area contributed by atoms with Crippen molar-refractivity contribution in [3.63, 3.8) is 0 Å². The molecule has 0 spiro atoms. The molecule has 2 amide bonds. The van der Waals surface area contributed by atoms with Gasteiger partial charge in [-0.05, 0) is 42.3 Å². The van der Waals surface area contributed by atoms with Gasteiger partial charge in [-0.1, -0.05) is 46.6 Å². The average molecular weight is 382 g/mol. The van der Waals surface area contributed by atoms with E-state index >= 15 is 0 Å². The fourth-order valence-electron chi connectivity index (χ4n) is 1.82. The zero-order valence-electron chi connectivity index (χ0n) is 11.8. The molecule has 0 saturated heterocycles. The van der Waals surface area contributed by atoms with Crippen molar-refractivity contribution in [1.82, 2.24) is 10.9 Å². The van der Waals surface area contributed by atoms with Crippen LogP contribution in [0.3, 0.4) is 0 Å². The molecule has 0 atom stereocenters. The number of hydrogen-bond donors (Lipinski definition) is 2. The molecular weight excluding hydrogens is 368 g/mol. The number of hydrazine groups is 1. The molecule has 0 unspecified atom stereocenters. The number of amides is 2. The molecule has 0 aromatic heterocycles. The Morgan fingerprint density at radius 2 is 1.68 bits per heavy atom. The molecule has 0 aliphatic carbocycles. The van der Waals surface area contributed by atoms with Crippen LogP contribution in [-0.4, -0.2) is 11.8 Å². The van der Waals surface area contributed by atoms with Crippen LogP contribution in [0.1, 0.15) is 33.2 Å². The van der Waals surface area contributed by atoms with Crippen molar-refractivity contribution in [1.29, 1.82) is 0 Å². The molecule has 2 aromatic carbocycles. The Morgan fingerprint density at radius 3 is 2.32 bits per heavy atom. The zero-order valence-corrected chi connectivity index (χ0v) is 14.2. The fraction of sp³-hybridized carbons (Fsp3) is 0.125. The highest BCUT2D eigenvalue weighted by atomic mass is 79.9. The lowest BCUT2D eigenvalue weighted by Crippen LogP contribution is -2.41. The smallest absolute Gasteiger partial charge is 0.267 e. The van der Waals surface area contributed by atoms with E-state index in [0.29, 0.717) is 10.6 Å². The summed E-state index contributed by atoms with van der Waals surface area (Å²) in [6.45, 7) is 2.04. The number of carbonyl (C=O) groups is 2. The largest absolute Gasteiger partial charge is 0.271 e. The van der Waals surface area contributed by atoms with Crippen molar-refractivity contribution in [2.75, 3.05) is 0 Å². The normalized spacial score (nSPS) is 10.1. The lowest BCUT2D eigenvalue weighted by Gasteiger charge is -2.09. The van der Waals surface area contributed by atoms with Gasteiger partial charge in [0.15, 0.2) is 0 Å². The molecule has 2 rings (SSSR count). The van der Waals surface area contributed by atoms with Crippen molar-refractivity contribution in [3.8, 4) is 0 Å². The summed E-state index contributed by atoms with van der Waals surface area (Å²) in [4.78, 5) is 24.0. The highest BCUT2D eigenvalue weighted by Gasteiger charge is 2.12. The predicted molar refractivity (Wildman–Crippen MR) is 89.9 cm³/mol. The fourth-order valence-corrected chi connectivity index (χ4v) is 2.38. The first-order chi connectivity index (χ1) is 10.5. The number of rotatable bonds is 3. The predicted octanol–water partition coefficient (Wildman–Crippen LogP) is 3.74. The van der Waals surface area contributed by atoms with E-state index in [0.717, 1.165) is 16.5 Å². The lowest BCUT2D eigenvalue weighted by molar-refractivity contribution is 0.0846. The minimum atomic E-state index is -0.482. The van der Waals surface area contributed by atoms with E-state index in [-0.39, 0.29) is 11.5 Å². The molecule has 0 bridgehead atoms. The maximum atomic E-state index is 12.0.